The summed E-state index contributed by atoms with van der Waals surface area (Å²) in [5.74, 6) is 0.971. The Bertz CT molecular complexity index is 508. The monoisotopic (exact) mass is 242 g/mol. The molecule has 0 saturated carbocycles. The third-order valence-corrected chi connectivity index (χ3v) is 3.18. The van der Waals surface area contributed by atoms with Crippen molar-refractivity contribution in [2.75, 3.05) is 7.11 Å². The predicted molar refractivity (Wildman–Crippen MR) is 73.5 cm³/mol. The van der Waals surface area contributed by atoms with Gasteiger partial charge in [0, 0.05) is 11.1 Å². The number of ether oxygens (including phenoxy) is 1. The summed E-state index contributed by atoms with van der Waals surface area (Å²) >= 11 is 0. The van der Waals surface area contributed by atoms with Crippen LogP contribution in [0, 0.1) is 6.92 Å². The molecule has 0 aliphatic carbocycles. The maximum absolute atomic E-state index is 5.35. The molecule has 0 amide bonds. The van der Waals surface area contributed by atoms with Crippen LogP contribution in [0.3, 0.4) is 0 Å². The second kappa shape index (κ2) is 6.22. The Morgan fingerprint density at radius 1 is 0.889 bits per heavy atom. The van der Waals surface area contributed by atoms with Gasteiger partial charge in [-0.05, 0) is 24.6 Å². The van der Waals surface area contributed by atoms with Gasteiger partial charge in [-0.1, -0.05) is 36.4 Å². The Morgan fingerprint density at radius 3 is 2.22 bits per heavy atom. The normalized spacial score (nSPS) is 10.3. The van der Waals surface area contributed by atoms with E-state index in [0.29, 0.717) is 0 Å². The Balaban J connectivity index is 1.95. The molecular weight excluding hydrogens is 222 g/mol. The zero-order valence-electron chi connectivity index (χ0n) is 11.0. The molecule has 2 aromatic rings. The van der Waals surface area contributed by atoms with Gasteiger partial charge in [0.25, 0.3) is 0 Å². The highest BCUT2D eigenvalue weighted by Gasteiger charge is 2.04. The molecule has 0 spiro atoms. The second-order valence-corrected chi connectivity index (χ2v) is 4.44. The molecule has 0 saturated heterocycles. The number of quaternary nitrogens is 1. The minimum Gasteiger partial charge on any atom is -0.496 e. The van der Waals surface area contributed by atoms with E-state index in [4.69, 9.17) is 4.74 Å². The fourth-order valence-electron chi connectivity index (χ4n) is 2.09. The van der Waals surface area contributed by atoms with Crippen LogP contribution in [0.1, 0.15) is 16.7 Å². The van der Waals surface area contributed by atoms with Crippen LogP contribution in [0.4, 0.5) is 0 Å². The summed E-state index contributed by atoms with van der Waals surface area (Å²) in [4.78, 5) is 0. The number of nitrogens with two attached hydrogens (primary N) is 1. The standard InChI is InChI=1S/C16H19NO/c1-13-7-3-4-8-14(13)11-17-12-15-9-5-6-10-16(15)18-2/h3-10,17H,11-12H2,1-2H3/p+1. The molecule has 94 valence electrons. The van der Waals surface area contributed by atoms with Crippen LogP contribution >= 0.6 is 0 Å². The number of para-hydroxylation sites is 1. The zero-order chi connectivity index (χ0) is 12.8. The largest absolute Gasteiger partial charge is 0.496 e. The molecule has 0 fully saturated rings. The molecule has 0 bridgehead atoms. The van der Waals surface area contributed by atoms with E-state index >= 15 is 0 Å². The van der Waals surface area contributed by atoms with E-state index in [1.807, 2.05) is 12.1 Å². The average Bonchev–Trinajstić information content (AvgIpc) is 2.41. The van der Waals surface area contributed by atoms with Crippen molar-refractivity contribution in [1.29, 1.82) is 0 Å². The third-order valence-electron chi connectivity index (χ3n) is 3.18. The second-order valence-electron chi connectivity index (χ2n) is 4.44. The van der Waals surface area contributed by atoms with Gasteiger partial charge in [0.05, 0.1) is 7.11 Å². The molecule has 2 aromatic carbocycles. The third kappa shape index (κ3) is 3.11. The van der Waals surface area contributed by atoms with Gasteiger partial charge >= 0.3 is 0 Å². The maximum atomic E-state index is 5.35. The summed E-state index contributed by atoms with van der Waals surface area (Å²) in [6.45, 7) is 4.11. The molecule has 0 atom stereocenters. The molecule has 2 N–H and O–H groups in total. The van der Waals surface area contributed by atoms with Gasteiger partial charge in [-0.15, -0.1) is 0 Å². The van der Waals surface area contributed by atoms with Crippen LogP contribution in [-0.4, -0.2) is 7.11 Å². The van der Waals surface area contributed by atoms with Crippen molar-refractivity contribution in [2.45, 2.75) is 20.0 Å². The number of methoxy groups -OCH3 is 1. The van der Waals surface area contributed by atoms with Crippen LogP contribution in [0.25, 0.3) is 0 Å². The molecule has 18 heavy (non-hydrogen) atoms. The Kier molecular flexibility index (Phi) is 4.37. The van der Waals surface area contributed by atoms with Crippen LogP contribution in [0.2, 0.25) is 0 Å². The molecule has 2 nitrogen and oxygen atoms in total. The lowest BCUT2D eigenvalue weighted by Crippen LogP contribution is -2.80. The summed E-state index contributed by atoms with van der Waals surface area (Å²) in [6.07, 6.45) is 0. The van der Waals surface area contributed by atoms with Crippen LogP contribution in [0.15, 0.2) is 48.5 Å². The van der Waals surface area contributed by atoms with E-state index in [1.54, 1.807) is 7.11 Å². The number of benzene rings is 2. The lowest BCUT2D eigenvalue weighted by Gasteiger charge is -2.08. The molecule has 0 aromatic heterocycles. The van der Waals surface area contributed by atoms with Crippen molar-refractivity contribution in [1.82, 2.24) is 0 Å². The minimum atomic E-state index is 0.943. The van der Waals surface area contributed by atoms with E-state index in [2.05, 4.69) is 48.6 Å². The number of hydrogen-bond donors (Lipinski definition) is 1. The fraction of sp³-hybridized carbons (Fsp3) is 0.250. The van der Waals surface area contributed by atoms with Gasteiger partial charge in [-0.25, -0.2) is 0 Å². The minimum absolute atomic E-state index is 0.943. The van der Waals surface area contributed by atoms with Gasteiger partial charge < -0.3 is 10.1 Å². The molecule has 2 rings (SSSR count). The predicted octanol–water partition coefficient (Wildman–Crippen LogP) is 2.27. The van der Waals surface area contributed by atoms with Crippen molar-refractivity contribution in [3.8, 4) is 5.75 Å². The lowest BCUT2D eigenvalue weighted by atomic mass is 10.1. The molecule has 0 aliphatic heterocycles. The van der Waals surface area contributed by atoms with Crippen LogP contribution < -0.4 is 10.1 Å². The summed E-state index contributed by atoms with van der Waals surface area (Å²) in [5, 5.41) is 2.31. The quantitative estimate of drug-likeness (QED) is 0.855. The van der Waals surface area contributed by atoms with Gasteiger partial charge in [0.1, 0.15) is 18.8 Å². The highest BCUT2D eigenvalue weighted by Crippen LogP contribution is 2.15. The van der Waals surface area contributed by atoms with E-state index in [-0.39, 0.29) is 0 Å². The van der Waals surface area contributed by atoms with Crippen molar-refractivity contribution < 1.29 is 10.1 Å². The summed E-state index contributed by atoms with van der Waals surface area (Å²) < 4.78 is 5.35. The number of hydrogen-bond acceptors (Lipinski definition) is 1. The highest BCUT2D eigenvalue weighted by atomic mass is 16.5. The summed E-state index contributed by atoms with van der Waals surface area (Å²) in [5.41, 5.74) is 4.00. The molecular formula is C16H20NO+. The van der Waals surface area contributed by atoms with E-state index < -0.39 is 0 Å². The molecule has 0 aliphatic rings. The lowest BCUT2D eigenvalue weighted by molar-refractivity contribution is -0.686. The smallest absolute Gasteiger partial charge is 0.127 e. The van der Waals surface area contributed by atoms with Gasteiger partial charge in [0.2, 0.25) is 0 Å². The summed E-state index contributed by atoms with van der Waals surface area (Å²) in [7, 11) is 1.72. The first-order valence-corrected chi connectivity index (χ1v) is 6.29. The highest BCUT2D eigenvalue weighted by molar-refractivity contribution is 5.32. The zero-order valence-corrected chi connectivity index (χ0v) is 11.0. The number of aryl methyl sites for hydroxylation is 1. The summed E-state index contributed by atoms with van der Waals surface area (Å²) in [6, 6.07) is 16.7. The first-order chi connectivity index (χ1) is 8.81. The van der Waals surface area contributed by atoms with E-state index in [9.17, 15) is 0 Å². The Morgan fingerprint density at radius 2 is 1.50 bits per heavy atom. The Labute approximate surface area is 109 Å². The molecule has 0 radical (unpaired) electrons. The topological polar surface area (TPSA) is 25.8 Å². The molecule has 0 heterocycles. The maximum Gasteiger partial charge on any atom is 0.127 e. The SMILES string of the molecule is COc1ccccc1C[NH2+]Cc1ccccc1C. The first kappa shape index (κ1) is 12.7. The van der Waals surface area contributed by atoms with Gasteiger partial charge in [-0.2, -0.15) is 0 Å². The van der Waals surface area contributed by atoms with Gasteiger partial charge in [0.15, 0.2) is 0 Å². The molecule has 0 unspecified atom stereocenters. The van der Waals surface area contributed by atoms with Crippen LogP contribution in [-0.2, 0) is 13.1 Å². The number of rotatable bonds is 5. The van der Waals surface area contributed by atoms with E-state index in [1.165, 1.54) is 16.7 Å². The van der Waals surface area contributed by atoms with Crippen molar-refractivity contribution in [2.24, 2.45) is 0 Å². The van der Waals surface area contributed by atoms with Crippen LogP contribution in [0.5, 0.6) is 5.75 Å². The van der Waals surface area contributed by atoms with E-state index in [0.717, 1.165) is 18.8 Å². The average molecular weight is 242 g/mol. The van der Waals surface area contributed by atoms with Crippen molar-refractivity contribution >= 4 is 0 Å². The molecule has 2 heteroatoms. The Hall–Kier alpha value is -1.80. The fourth-order valence-corrected chi connectivity index (χ4v) is 2.09. The van der Waals surface area contributed by atoms with Crippen molar-refractivity contribution in [3.05, 3.63) is 65.2 Å². The van der Waals surface area contributed by atoms with Gasteiger partial charge in [-0.3, -0.25) is 0 Å². The first-order valence-electron chi connectivity index (χ1n) is 6.29. The van der Waals surface area contributed by atoms with Crippen molar-refractivity contribution in [3.63, 3.8) is 0 Å².